The fraction of sp³-hybridized carbons (Fsp3) is 0.0909. The Balaban J connectivity index is 2.02. The molecule has 1 atom stereocenters. The summed E-state index contributed by atoms with van der Waals surface area (Å²) in [6.07, 6.45) is 1.97. The SMILES string of the molecule is C=CC(NCc1ccccc1)(c1ccccc1)c1ccc(Cl)cc1. The fourth-order valence-electron chi connectivity index (χ4n) is 2.93. The number of hydrogen-bond acceptors (Lipinski definition) is 1. The van der Waals surface area contributed by atoms with Crippen molar-refractivity contribution >= 4 is 11.6 Å². The molecule has 3 aromatic rings. The number of halogens is 1. The summed E-state index contributed by atoms with van der Waals surface area (Å²) in [6, 6.07) is 28.7. The predicted octanol–water partition coefficient (Wildman–Crippen LogP) is 5.56. The van der Waals surface area contributed by atoms with E-state index in [1.165, 1.54) is 5.56 Å². The molecule has 120 valence electrons. The zero-order valence-corrected chi connectivity index (χ0v) is 14.2. The van der Waals surface area contributed by atoms with Gasteiger partial charge in [-0.2, -0.15) is 0 Å². The molecular formula is C22H20ClN. The highest BCUT2D eigenvalue weighted by molar-refractivity contribution is 6.30. The first-order chi connectivity index (χ1) is 11.7. The molecule has 0 aliphatic heterocycles. The van der Waals surface area contributed by atoms with Crippen molar-refractivity contribution in [3.63, 3.8) is 0 Å². The molecule has 0 spiro atoms. The van der Waals surface area contributed by atoms with Crippen LogP contribution in [-0.2, 0) is 12.1 Å². The smallest absolute Gasteiger partial charge is 0.0877 e. The summed E-state index contributed by atoms with van der Waals surface area (Å²) in [5.41, 5.74) is 3.03. The number of rotatable bonds is 6. The zero-order chi connectivity index (χ0) is 16.8. The Morgan fingerprint density at radius 1 is 0.792 bits per heavy atom. The maximum Gasteiger partial charge on any atom is 0.0877 e. The van der Waals surface area contributed by atoms with Crippen molar-refractivity contribution in [3.05, 3.63) is 119 Å². The summed E-state index contributed by atoms with van der Waals surface area (Å²) in [7, 11) is 0. The van der Waals surface area contributed by atoms with E-state index in [-0.39, 0.29) is 0 Å². The Labute approximate surface area is 148 Å². The van der Waals surface area contributed by atoms with Crippen LogP contribution >= 0.6 is 11.6 Å². The maximum absolute atomic E-state index is 6.08. The van der Waals surface area contributed by atoms with Gasteiger partial charge in [-0.1, -0.05) is 90.5 Å². The minimum Gasteiger partial charge on any atom is -0.296 e. The topological polar surface area (TPSA) is 12.0 Å². The fourth-order valence-corrected chi connectivity index (χ4v) is 3.06. The van der Waals surface area contributed by atoms with Crippen molar-refractivity contribution in [2.45, 2.75) is 12.1 Å². The largest absolute Gasteiger partial charge is 0.296 e. The lowest BCUT2D eigenvalue weighted by atomic mass is 9.82. The first-order valence-electron chi connectivity index (χ1n) is 7.99. The zero-order valence-electron chi connectivity index (χ0n) is 13.5. The quantitative estimate of drug-likeness (QED) is 0.582. The van der Waals surface area contributed by atoms with E-state index >= 15 is 0 Å². The van der Waals surface area contributed by atoms with Crippen molar-refractivity contribution in [1.29, 1.82) is 0 Å². The van der Waals surface area contributed by atoms with Crippen LogP contribution in [0.15, 0.2) is 97.6 Å². The Hall–Kier alpha value is -2.35. The molecule has 0 aliphatic carbocycles. The Kier molecular flexibility index (Phi) is 5.14. The average Bonchev–Trinajstić information content (AvgIpc) is 2.65. The third-order valence-corrected chi connectivity index (χ3v) is 4.50. The van der Waals surface area contributed by atoms with E-state index in [0.29, 0.717) is 0 Å². The molecule has 0 aromatic heterocycles. The molecule has 0 aliphatic rings. The molecule has 0 saturated heterocycles. The molecule has 1 N–H and O–H groups in total. The van der Waals surface area contributed by atoms with E-state index in [4.69, 9.17) is 11.6 Å². The normalized spacial score (nSPS) is 13.2. The van der Waals surface area contributed by atoms with Gasteiger partial charge in [0.15, 0.2) is 0 Å². The number of hydrogen-bond donors (Lipinski definition) is 1. The molecule has 0 amide bonds. The van der Waals surface area contributed by atoms with Crippen LogP contribution in [0.25, 0.3) is 0 Å². The molecule has 0 radical (unpaired) electrons. The summed E-state index contributed by atoms with van der Waals surface area (Å²) < 4.78 is 0. The molecular weight excluding hydrogens is 314 g/mol. The lowest BCUT2D eigenvalue weighted by Crippen LogP contribution is -2.41. The highest BCUT2D eigenvalue weighted by Gasteiger charge is 2.30. The van der Waals surface area contributed by atoms with Gasteiger partial charge in [-0.3, -0.25) is 5.32 Å². The monoisotopic (exact) mass is 333 g/mol. The van der Waals surface area contributed by atoms with Gasteiger partial charge in [0.1, 0.15) is 0 Å². The lowest BCUT2D eigenvalue weighted by molar-refractivity contribution is 0.488. The van der Waals surface area contributed by atoms with Crippen LogP contribution in [0.4, 0.5) is 0 Å². The van der Waals surface area contributed by atoms with Crippen molar-refractivity contribution in [1.82, 2.24) is 5.32 Å². The van der Waals surface area contributed by atoms with Gasteiger partial charge in [-0.15, -0.1) is 6.58 Å². The summed E-state index contributed by atoms with van der Waals surface area (Å²) in [5.74, 6) is 0. The first kappa shape index (κ1) is 16.5. The number of benzene rings is 3. The maximum atomic E-state index is 6.08. The van der Waals surface area contributed by atoms with Gasteiger partial charge < -0.3 is 0 Å². The van der Waals surface area contributed by atoms with Crippen LogP contribution in [0.2, 0.25) is 5.02 Å². The second-order valence-corrected chi connectivity index (χ2v) is 6.16. The van der Waals surface area contributed by atoms with E-state index in [0.717, 1.165) is 22.7 Å². The molecule has 0 heterocycles. The molecule has 1 unspecified atom stereocenters. The van der Waals surface area contributed by atoms with Crippen molar-refractivity contribution in [2.75, 3.05) is 0 Å². The molecule has 0 bridgehead atoms. The molecule has 0 fully saturated rings. The van der Waals surface area contributed by atoms with Crippen LogP contribution < -0.4 is 5.32 Å². The summed E-state index contributed by atoms with van der Waals surface area (Å²) >= 11 is 6.08. The Morgan fingerprint density at radius 3 is 1.92 bits per heavy atom. The van der Waals surface area contributed by atoms with Gasteiger partial charge in [-0.25, -0.2) is 0 Å². The van der Waals surface area contributed by atoms with Crippen LogP contribution in [0.3, 0.4) is 0 Å². The molecule has 3 rings (SSSR count). The Morgan fingerprint density at radius 2 is 1.33 bits per heavy atom. The van der Waals surface area contributed by atoms with Gasteiger partial charge in [0.2, 0.25) is 0 Å². The summed E-state index contributed by atoms with van der Waals surface area (Å²) in [5, 5.41) is 4.42. The molecule has 2 heteroatoms. The van der Waals surface area contributed by atoms with Crippen molar-refractivity contribution in [3.8, 4) is 0 Å². The predicted molar refractivity (Wildman–Crippen MR) is 102 cm³/mol. The second kappa shape index (κ2) is 7.48. The average molecular weight is 334 g/mol. The standard InChI is InChI=1S/C22H20ClN/c1-2-22(19-11-7-4-8-12-19,20-13-15-21(23)16-14-20)24-17-18-9-5-3-6-10-18/h2-16,24H,1,17H2. The summed E-state index contributed by atoms with van der Waals surface area (Å²) in [4.78, 5) is 0. The van der Waals surface area contributed by atoms with E-state index in [2.05, 4.69) is 60.4 Å². The Bertz CT molecular complexity index is 781. The van der Waals surface area contributed by atoms with Crippen molar-refractivity contribution in [2.24, 2.45) is 0 Å². The van der Waals surface area contributed by atoms with E-state index < -0.39 is 5.54 Å². The van der Waals surface area contributed by atoms with Gasteiger partial charge in [-0.05, 0) is 28.8 Å². The number of nitrogens with one attached hydrogen (secondary N) is 1. The molecule has 24 heavy (non-hydrogen) atoms. The lowest BCUT2D eigenvalue weighted by Gasteiger charge is -2.33. The third kappa shape index (κ3) is 3.43. The minimum atomic E-state index is -0.471. The van der Waals surface area contributed by atoms with Gasteiger partial charge in [0.25, 0.3) is 0 Å². The molecule has 1 nitrogen and oxygen atoms in total. The van der Waals surface area contributed by atoms with Crippen LogP contribution in [0, 0.1) is 0 Å². The highest BCUT2D eigenvalue weighted by atomic mass is 35.5. The van der Waals surface area contributed by atoms with E-state index in [9.17, 15) is 0 Å². The molecule has 3 aromatic carbocycles. The van der Waals surface area contributed by atoms with Crippen LogP contribution in [-0.4, -0.2) is 0 Å². The van der Waals surface area contributed by atoms with E-state index in [1.807, 2.05) is 42.5 Å². The third-order valence-electron chi connectivity index (χ3n) is 4.25. The summed E-state index contributed by atoms with van der Waals surface area (Å²) in [6.45, 7) is 4.87. The van der Waals surface area contributed by atoms with Crippen LogP contribution in [0.1, 0.15) is 16.7 Å². The van der Waals surface area contributed by atoms with Crippen LogP contribution in [0.5, 0.6) is 0 Å². The molecule has 0 saturated carbocycles. The van der Waals surface area contributed by atoms with Crippen molar-refractivity contribution < 1.29 is 0 Å². The first-order valence-corrected chi connectivity index (χ1v) is 8.36. The van der Waals surface area contributed by atoms with Gasteiger partial charge in [0, 0.05) is 11.6 Å². The van der Waals surface area contributed by atoms with E-state index in [1.54, 1.807) is 0 Å². The highest BCUT2D eigenvalue weighted by Crippen LogP contribution is 2.32. The second-order valence-electron chi connectivity index (χ2n) is 5.72. The van der Waals surface area contributed by atoms with Gasteiger partial charge >= 0.3 is 0 Å². The van der Waals surface area contributed by atoms with Gasteiger partial charge in [0.05, 0.1) is 5.54 Å². The minimum absolute atomic E-state index is 0.471.